The SMILES string of the molecule is COc1cc(F)c([N+](=O)[O-])c(N[C@@H]2C[C@H]2c2cccc(F)c2)c1. The Balaban J connectivity index is 1.84. The predicted octanol–water partition coefficient (Wildman–Crippen LogP) is 3.85. The van der Waals surface area contributed by atoms with Crippen molar-refractivity contribution in [1.82, 2.24) is 0 Å². The van der Waals surface area contributed by atoms with Crippen molar-refractivity contribution in [3.8, 4) is 5.75 Å². The van der Waals surface area contributed by atoms with Crippen LogP contribution in [-0.4, -0.2) is 18.1 Å². The Hall–Kier alpha value is -2.70. The fraction of sp³-hybridized carbons (Fsp3) is 0.250. The van der Waals surface area contributed by atoms with Gasteiger partial charge in [0.2, 0.25) is 5.82 Å². The van der Waals surface area contributed by atoms with Gasteiger partial charge in [-0.1, -0.05) is 12.1 Å². The lowest BCUT2D eigenvalue weighted by Gasteiger charge is -2.10. The molecule has 0 saturated heterocycles. The highest BCUT2D eigenvalue weighted by Crippen LogP contribution is 2.45. The highest BCUT2D eigenvalue weighted by molar-refractivity contribution is 5.66. The minimum absolute atomic E-state index is 0.0413. The molecule has 2 aromatic rings. The van der Waals surface area contributed by atoms with Gasteiger partial charge in [0.15, 0.2) is 0 Å². The third-order valence-electron chi connectivity index (χ3n) is 3.86. The van der Waals surface area contributed by atoms with E-state index in [-0.39, 0.29) is 29.2 Å². The molecule has 120 valence electrons. The first kappa shape index (κ1) is 15.2. The summed E-state index contributed by atoms with van der Waals surface area (Å²) in [6.45, 7) is 0. The second-order valence-corrected chi connectivity index (χ2v) is 5.41. The molecule has 1 N–H and O–H groups in total. The molecule has 2 aromatic carbocycles. The van der Waals surface area contributed by atoms with Gasteiger partial charge in [0.1, 0.15) is 17.3 Å². The molecule has 0 amide bonds. The zero-order chi connectivity index (χ0) is 16.6. The van der Waals surface area contributed by atoms with E-state index in [1.165, 1.54) is 25.3 Å². The van der Waals surface area contributed by atoms with E-state index < -0.39 is 16.4 Å². The molecule has 0 bridgehead atoms. The van der Waals surface area contributed by atoms with Gasteiger partial charge in [-0.2, -0.15) is 4.39 Å². The summed E-state index contributed by atoms with van der Waals surface area (Å²) < 4.78 is 32.1. The lowest BCUT2D eigenvalue weighted by molar-refractivity contribution is -0.386. The van der Waals surface area contributed by atoms with Crippen molar-refractivity contribution in [2.75, 3.05) is 12.4 Å². The molecule has 23 heavy (non-hydrogen) atoms. The number of benzene rings is 2. The quantitative estimate of drug-likeness (QED) is 0.671. The van der Waals surface area contributed by atoms with Crippen molar-refractivity contribution in [2.24, 2.45) is 0 Å². The molecule has 0 unspecified atom stereocenters. The van der Waals surface area contributed by atoms with Gasteiger partial charge in [-0.15, -0.1) is 0 Å². The van der Waals surface area contributed by atoms with Crippen molar-refractivity contribution in [2.45, 2.75) is 18.4 Å². The Morgan fingerprint density at radius 1 is 1.30 bits per heavy atom. The van der Waals surface area contributed by atoms with Gasteiger partial charge < -0.3 is 10.1 Å². The van der Waals surface area contributed by atoms with E-state index in [1.54, 1.807) is 12.1 Å². The molecule has 0 radical (unpaired) electrons. The van der Waals surface area contributed by atoms with Crippen molar-refractivity contribution in [1.29, 1.82) is 0 Å². The third-order valence-corrected chi connectivity index (χ3v) is 3.86. The molecule has 7 heteroatoms. The summed E-state index contributed by atoms with van der Waals surface area (Å²) in [4.78, 5) is 10.3. The van der Waals surface area contributed by atoms with E-state index in [1.807, 2.05) is 0 Å². The summed E-state index contributed by atoms with van der Waals surface area (Å²) in [6, 6.07) is 8.47. The van der Waals surface area contributed by atoms with Crippen molar-refractivity contribution in [3.05, 3.63) is 63.7 Å². The van der Waals surface area contributed by atoms with E-state index in [0.717, 1.165) is 11.6 Å². The Morgan fingerprint density at radius 3 is 2.74 bits per heavy atom. The van der Waals surface area contributed by atoms with Gasteiger partial charge in [0, 0.05) is 24.1 Å². The number of nitrogens with one attached hydrogen (secondary N) is 1. The highest BCUT2D eigenvalue weighted by Gasteiger charge is 2.40. The third kappa shape index (κ3) is 3.08. The highest BCUT2D eigenvalue weighted by atomic mass is 19.1. The fourth-order valence-corrected chi connectivity index (χ4v) is 2.65. The Kier molecular flexibility index (Phi) is 3.85. The van der Waals surface area contributed by atoms with Crippen LogP contribution in [0.25, 0.3) is 0 Å². The molecule has 5 nitrogen and oxygen atoms in total. The molecule has 0 heterocycles. The lowest BCUT2D eigenvalue weighted by atomic mass is 10.1. The minimum Gasteiger partial charge on any atom is -0.497 e. The van der Waals surface area contributed by atoms with Crippen LogP contribution in [0.15, 0.2) is 36.4 Å². The van der Waals surface area contributed by atoms with E-state index in [0.29, 0.717) is 6.42 Å². The molecule has 1 saturated carbocycles. The summed E-state index contributed by atoms with van der Waals surface area (Å²) in [5, 5.41) is 14.0. The molecule has 1 aliphatic rings. The van der Waals surface area contributed by atoms with Gasteiger partial charge in [0.25, 0.3) is 0 Å². The van der Waals surface area contributed by atoms with Gasteiger partial charge >= 0.3 is 5.69 Å². The first-order valence-corrected chi connectivity index (χ1v) is 7.03. The summed E-state index contributed by atoms with van der Waals surface area (Å²) >= 11 is 0. The van der Waals surface area contributed by atoms with Crippen LogP contribution in [0.2, 0.25) is 0 Å². The van der Waals surface area contributed by atoms with Gasteiger partial charge in [-0.25, -0.2) is 4.39 Å². The van der Waals surface area contributed by atoms with E-state index in [2.05, 4.69) is 5.32 Å². The van der Waals surface area contributed by atoms with Crippen LogP contribution in [0, 0.1) is 21.7 Å². The number of anilines is 1. The van der Waals surface area contributed by atoms with E-state index in [9.17, 15) is 18.9 Å². The lowest BCUT2D eigenvalue weighted by Crippen LogP contribution is -2.08. The molecule has 2 atom stereocenters. The number of methoxy groups -OCH3 is 1. The number of nitro groups is 1. The Labute approximate surface area is 131 Å². The summed E-state index contributed by atoms with van der Waals surface area (Å²) in [6.07, 6.45) is 0.694. The maximum Gasteiger partial charge on any atom is 0.327 e. The average Bonchev–Trinajstić information content (AvgIpc) is 3.25. The first-order valence-electron chi connectivity index (χ1n) is 7.03. The normalized spacial score (nSPS) is 19.3. The predicted molar refractivity (Wildman–Crippen MR) is 80.8 cm³/mol. The zero-order valence-electron chi connectivity index (χ0n) is 12.3. The van der Waals surface area contributed by atoms with Crippen LogP contribution in [-0.2, 0) is 0 Å². The smallest absolute Gasteiger partial charge is 0.327 e. The first-order chi connectivity index (χ1) is 11.0. The Bertz CT molecular complexity index is 767. The van der Waals surface area contributed by atoms with Crippen LogP contribution in [0.3, 0.4) is 0 Å². The zero-order valence-corrected chi connectivity index (χ0v) is 12.3. The fourth-order valence-electron chi connectivity index (χ4n) is 2.65. The van der Waals surface area contributed by atoms with Crippen LogP contribution < -0.4 is 10.1 Å². The number of nitrogens with zero attached hydrogens (tertiary/aromatic N) is 1. The van der Waals surface area contributed by atoms with E-state index in [4.69, 9.17) is 4.74 Å². The summed E-state index contributed by atoms with van der Waals surface area (Å²) in [5.74, 6) is -1.05. The van der Waals surface area contributed by atoms with Crippen molar-refractivity contribution < 1.29 is 18.4 Å². The molecular formula is C16H14F2N2O3. The van der Waals surface area contributed by atoms with Gasteiger partial charge in [-0.05, 0) is 24.1 Å². The maximum atomic E-state index is 13.9. The molecule has 0 aliphatic heterocycles. The van der Waals surface area contributed by atoms with Crippen molar-refractivity contribution in [3.63, 3.8) is 0 Å². The Morgan fingerprint density at radius 2 is 2.09 bits per heavy atom. The number of nitro benzene ring substituents is 1. The molecule has 0 aromatic heterocycles. The number of halogens is 2. The van der Waals surface area contributed by atoms with Crippen LogP contribution >= 0.6 is 0 Å². The molecular weight excluding hydrogens is 306 g/mol. The maximum absolute atomic E-state index is 13.9. The molecule has 3 rings (SSSR count). The average molecular weight is 320 g/mol. The largest absolute Gasteiger partial charge is 0.497 e. The van der Waals surface area contributed by atoms with Crippen LogP contribution in [0.1, 0.15) is 17.9 Å². The standard InChI is InChI=1S/C16H14F2N2O3/c1-23-11-6-13(18)16(20(21)22)15(7-11)19-14-8-12(14)9-3-2-4-10(17)5-9/h2-7,12,14,19H,8H2,1H3/t12-,14+/m0/s1. The number of hydrogen-bond donors (Lipinski definition) is 1. The number of ether oxygens (including phenoxy) is 1. The van der Waals surface area contributed by atoms with E-state index >= 15 is 0 Å². The second-order valence-electron chi connectivity index (χ2n) is 5.41. The summed E-state index contributed by atoms with van der Waals surface area (Å²) in [7, 11) is 1.36. The number of hydrogen-bond acceptors (Lipinski definition) is 4. The molecule has 1 aliphatic carbocycles. The molecule has 0 spiro atoms. The van der Waals surface area contributed by atoms with Crippen molar-refractivity contribution >= 4 is 11.4 Å². The van der Waals surface area contributed by atoms with Gasteiger partial charge in [0.05, 0.1) is 12.0 Å². The minimum atomic E-state index is -0.959. The molecule has 1 fully saturated rings. The van der Waals surface area contributed by atoms with Gasteiger partial charge in [-0.3, -0.25) is 10.1 Å². The topological polar surface area (TPSA) is 64.4 Å². The summed E-state index contributed by atoms with van der Waals surface area (Å²) in [5.41, 5.74) is 0.264. The second kappa shape index (κ2) is 5.83. The van der Waals surface area contributed by atoms with Crippen LogP contribution in [0.4, 0.5) is 20.2 Å². The monoisotopic (exact) mass is 320 g/mol. The number of rotatable bonds is 5. The van der Waals surface area contributed by atoms with Crippen LogP contribution in [0.5, 0.6) is 5.75 Å².